The van der Waals surface area contributed by atoms with E-state index in [2.05, 4.69) is 18.0 Å². The number of nitrogens with zero attached hydrogens (tertiary/aromatic N) is 1. The molecule has 0 aliphatic carbocycles. The monoisotopic (exact) mass is 306 g/mol. The molecule has 0 radical (unpaired) electrons. The maximum atomic E-state index is 6.45. The maximum absolute atomic E-state index is 6.45. The zero-order chi connectivity index (χ0) is 14.3. The third kappa shape index (κ3) is 2.39. The molecule has 2 nitrogen and oxygen atoms in total. The Bertz CT molecular complexity index is 655. The first-order valence-corrected chi connectivity index (χ1v) is 7.35. The van der Waals surface area contributed by atoms with Gasteiger partial charge < -0.3 is 5.73 Å². The summed E-state index contributed by atoms with van der Waals surface area (Å²) in [6.07, 6.45) is 0.963. The summed E-state index contributed by atoms with van der Waals surface area (Å²) in [6.45, 7) is 0.975. The summed E-state index contributed by atoms with van der Waals surface area (Å²) in [7, 11) is 2.11. The molecule has 3 rings (SSSR count). The van der Waals surface area contributed by atoms with Gasteiger partial charge in [-0.25, -0.2) is 0 Å². The first kappa shape index (κ1) is 13.7. The molecule has 1 heterocycles. The van der Waals surface area contributed by atoms with E-state index < -0.39 is 0 Å². The van der Waals surface area contributed by atoms with Gasteiger partial charge in [0.2, 0.25) is 0 Å². The minimum atomic E-state index is 0.131. The summed E-state index contributed by atoms with van der Waals surface area (Å²) in [4.78, 5) is 2.30. The minimum absolute atomic E-state index is 0.131. The molecule has 0 aromatic heterocycles. The van der Waals surface area contributed by atoms with E-state index in [0.29, 0.717) is 5.02 Å². The van der Waals surface area contributed by atoms with Crippen molar-refractivity contribution >= 4 is 28.9 Å². The molecule has 2 N–H and O–H groups in total. The zero-order valence-electron chi connectivity index (χ0n) is 11.2. The molecule has 1 aliphatic rings. The summed E-state index contributed by atoms with van der Waals surface area (Å²) in [5, 5.41) is 1.43. The highest BCUT2D eigenvalue weighted by molar-refractivity contribution is 6.35. The van der Waals surface area contributed by atoms with Gasteiger partial charge in [0, 0.05) is 22.3 Å². The SMILES string of the molecule is CN1CCc2cc(Cl)cc(Cl)c2[C@@H]1c1cccc(N)c1. The molecule has 0 saturated carbocycles. The maximum Gasteiger partial charge on any atom is 0.0617 e. The molecule has 1 aliphatic heterocycles. The van der Waals surface area contributed by atoms with Crippen LogP contribution in [0.4, 0.5) is 5.69 Å². The molecule has 0 unspecified atom stereocenters. The third-order valence-corrected chi connectivity index (χ3v) is 4.39. The van der Waals surface area contributed by atoms with E-state index in [9.17, 15) is 0 Å². The van der Waals surface area contributed by atoms with Crippen molar-refractivity contribution in [3.8, 4) is 0 Å². The van der Waals surface area contributed by atoms with Crippen molar-refractivity contribution in [2.45, 2.75) is 12.5 Å². The number of nitrogen functional groups attached to an aromatic ring is 1. The normalized spacial score (nSPS) is 18.9. The number of benzene rings is 2. The van der Waals surface area contributed by atoms with Crippen LogP contribution in [-0.4, -0.2) is 18.5 Å². The molecule has 4 heteroatoms. The van der Waals surface area contributed by atoms with Crippen LogP contribution in [0.1, 0.15) is 22.7 Å². The van der Waals surface area contributed by atoms with Crippen molar-refractivity contribution in [2.75, 3.05) is 19.3 Å². The molecule has 1 atom stereocenters. The van der Waals surface area contributed by atoms with Crippen LogP contribution in [-0.2, 0) is 6.42 Å². The number of nitrogens with two attached hydrogens (primary N) is 1. The van der Waals surface area contributed by atoms with Crippen LogP contribution >= 0.6 is 23.2 Å². The number of hydrogen-bond acceptors (Lipinski definition) is 2. The number of likely N-dealkylation sites (N-methyl/N-ethyl adjacent to an activating group) is 1. The summed E-state index contributed by atoms with van der Waals surface area (Å²) in [5.74, 6) is 0. The Morgan fingerprint density at radius 2 is 2.00 bits per heavy atom. The van der Waals surface area contributed by atoms with Crippen LogP contribution in [0.2, 0.25) is 10.0 Å². The fourth-order valence-electron chi connectivity index (χ4n) is 2.95. The Labute approximate surface area is 129 Å². The highest BCUT2D eigenvalue weighted by Crippen LogP contribution is 2.40. The van der Waals surface area contributed by atoms with Crippen molar-refractivity contribution in [3.63, 3.8) is 0 Å². The van der Waals surface area contributed by atoms with Gasteiger partial charge in [0.25, 0.3) is 0 Å². The quantitative estimate of drug-likeness (QED) is 0.802. The van der Waals surface area contributed by atoms with Gasteiger partial charge in [-0.1, -0.05) is 35.3 Å². The largest absolute Gasteiger partial charge is 0.399 e. The van der Waals surface area contributed by atoms with Gasteiger partial charge >= 0.3 is 0 Å². The van der Waals surface area contributed by atoms with E-state index in [-0.39, 0.29) is 6.04 Å². The Balaban J connectivity index is 2.17. The number of halogens is 2. The summed E-state index contributed by atoms with van der Waals surface area (Å²) in [5.41, 5.74) is 10.2. The summed E-state index contributed by atoms with van der Waals surface area (Å²) < 4.78 is 0. The van der Waals surface area contributed by atoms with Crippen LogP contribution in [0.3, 0.4) is 0 Å². The van der Waals surface area contributed by atoms with Gasteiger partial charge in [-0.3, -0.25) is 4.90 Å². The lowest BCUT2D eigenvalue weighted by molar-refractivity contribution is 0.265. The van der Waals surface area contributed by atoms with Gasteiger partial charge in [0.1, 0.15) is 0 Å². The topological polar surface area (TPSA) is 29.3 Å². The zero-order valence-corrected chi connectivity index (χ0v) is 12.7. The highest BCUT2D eigenvalue weighted by atomic mass is 35.5. The molecular formula is C16H16Cl2N2. The van der Waals surface area contributed by atoms with Crippen LogP contribution in [0.25, 0.3) is 0 Å². The Kier molecular flexibility index (Phi) is 3.63. The number of rotatable bonds is 1. The van der Waals surface area contributed by atoms with Gasteiger partial charge in [-0.2, -0.15) is 0 Å². The standard InChI is InChI=1S/C16H16Cl2N2/c1-20-6-5-10-7-12(17)9-14(18)15(10)16(20)11-3-2-4-13(19)8-11/h2-4,7-9,16H,5-6,19H2,1H3/t16-/m0/s1. The molecule has 0 bridgehead atoms. The van der Waals surface area contributed by atoms with Crippen LogP contribution < -0.4 is 5.73 Å². The lowest BCUT2D eigenvalue weighted by atomic mass is 9.88. The second kappa shape index (κ2) is 5.28. The van der Waals surface area contributed by atoms with Crippen LogP contribution in [0, 0.1) is 0 Å². The van der Waals surface area contributed by atoms with Crippen molar-refractivity contribution in [2.24, 2.45) is 0 Å². The lowest BCUT2D eigenvalue weighted by Crippen LogP contribution is -2.33. The average molecular weight is 307 g/mol. The second-order valence-electron chi connectivity index (χ2n) is 5.26. The Morgan fingerprint density at radius 1 is 1.20 bits per heavy atom. The molecule has 0 spiro atoms. The Morgan fingerprint density at radius 3 is 2.75 bits per heavy atom. The van der Waals surface area contributed by atoms with Crippen molar-refractivity contribution in [1.29, 1.82) is 0 Å². The van der Waals surface area contributed by atoms with E-state index >= 15 is 0 Å². The summed E-state index contributed by atoms with van der Waals surface area (Å²) in [6, 6.07) is 12.0. The van der Waals surface area contributed by atoms with Crippen LogP contribution in [0.5, 0.6) is 0 Å². The second-order valence-corrected chi connectivity index (χ2v) is 6.11. The van der Waals surface area contributed by atoms with E-state index in [0.717, 1.165) is 34.8 Å². The van der Waals surface area contributed by atoms with Gasteiger partial charge in [0.05, 0.1) is 6.04 Å². The first-order valence-electron chi connectivity index (χ1n) is 6.60. The summed E-state index contributed by atoms with van der Waals surface area (Å²) >= 11 is 12.6. The molecule has 0 fully saturated rings. The number of hydrogen-bond donors (Lipinski definition) is 1. The average Bonchev–Trinajstić information content (AvgIpc) is 2.39. The highest BCUT2D eigenvalue weighted by Gasteiger charge is 2.28. The fraction of sp³-hybridized carbons (Fsp3) is 0.250. The van der Waals surface area contributed by atoms with E-state index in [1.807, 2.05) is 30.3 Å². The Hall–Kier alpha value is -1.22. The van der Waals surface area contributed by atoms with Gasteiger partial charge in [-0.15, -0.1) is 0 Å². The predicted octanol–water partition coefficient (Wildman–Crippen LogP) is 4.15. The lowest BCUT2D eigenvalue weighted by Gasteiger charge is -2.35. The fourth-order valence-corrected chi connectivity index (χ4v) is 3.59. The molecular weight excluding hydrogens is 291 g/mol. The van der Waals surface area contributed by atoms with Crippen molar-refractivity contribution < 1.29 is 0 Å². The first-order chi connectivity index (χ1) is 9.56. The van der Waals surface area contributed by atoms with Crippen molar-refractivity contribution in [3.05, 3.63) is 63.1 Å². The molecule has 0 amide bonds. The molecule has 104 valence electrons. The van der Waals surface area contributed by atoms with E-state index in [1.165, 1.54) is 5.56 Å². The van der Waals surface area contributed by atoms with E-state index in [1.54, 1.807) is 0 Å². The molecule has 20 heavy (non-hydrogen) atoms. The van der Waals surface area contributed by atoms with E-state index in [4.69, 9.17) is 28.9 Å². The van der Waals surface area contributed by atoms with Crippen molar-refractivity contribution in [1.82, 2.24) is 4.90 Å². The van der Waals surface area contributed by atoms with Crippen LogP contribution in [0.15, 0.2) is 36.4 Å². The molecule has 0 saturated heterocycles. The number of fused-ring (bicyclic) bond motifs is 1. The number of anilines is 1. The third-order valence-electron chi connectivity index (χ3n) is 3.85. The van der Waals surface area contributed by atoms with Gasteiger partial charge in [-0.05, 0) is 54.4 Å². The molecule has 2 aromatic carbocycles. The molecule has 2 aromatic rings. The smallest absolute Gasteiger partial charge is 0.0617 e. The van der Waals surface area contributed by atoms with Gasteiger partial charge in [0.15, 0.2) is 0 Å². The predicted molar refractivity (Wildman–Crippen MR) is 85.5 cm³/mol. The minimum Gasteiger partial charge on any atom is -0.399 e.